The maximum absolute atomic E-state index is 11.8. The van der Waals surface area contributed by atoms with Crippen LogP contribution in [-0.4, -0.2) is 26.5 Å². The molecule has 1 unspecified atom stereocenters. The van der Waals surface area contributed by atoms with Gasteiger partial charge in [0.2, 0.25) is 10.0 Å². The second kappa shape index (κ2) is 5.41. The number of carbonyl (C=O) groups is 1. The van der Waals surface area contributed by atoms with E-state index in [1.165, 1.54) is 12.1 Å². The van der Waals surface area contributed by atoms with Crippen molar-refractivity contribution in [3.63, 3.8) is 0 Å². The van der Waals surface area contributed by atoms with E-state index in [2.05, 4.69) is 5.32 Å². The minimum atomic E-state index is -3.74. The molecule has 0 saturated heterocycles. The van der Waals surface area contributed by atoms with Gasteiger partial charge in [-0.25, -0.2) is 13.6 Å². The number of hydrogen-bond donors (Lipinski definition) is 2. The van der Waals surface area contributed by atoms with E-state index in [1.807, 2.05) is 0 Å². The molecule has 0 radical (unpaired) electrons. The van der Waals surface area contributed by atoms with Crippen LogP contribution in [-0.2, 0) is 14.8 Å². The fourth-order valence-corrected chi connectivity index (χ4v) is 2.58. The van der Waals surface area contributed by atoms with Crippen LogP contribution < -0.4 is 15.2 Å². The Labute approximate surface area is 118 Å². The molecule has 0 spiro atoms. The molecule has 1 aliphatic rings. The van der Waals surface area contributed by atoms with Crippen molar-refractivity contribution in [2.75, 3.05) is 0 Å². The summed E-state index contributed by atoms with van der Waals surface area (Å²) in [6.45, 7) is 3.28. The Hall–Kier alpha value is -1.60. The Kier molecular flexibility index (Phi) is 4.01. The van der Waals surface area contributed by atoms with Gasteiger partial charge >= 0.3 is 0 Å². The maximum atomic E-state index is 11.8. The number of carbonyl (C=O) groups excluding carboxylic acids is 1. The van der Waals surface area contributed by atoms with Gasteiger partial charge in [-0.1, -0.05) is 0 Å². The van der Waals surface area contributed by atoms with Crippen molar-refractivity contribution in [2.24, 2.45) is 5.14 Å². The zero-order valence-electron chi connectivity index (χ0n) is 11.4. The van der Waals surface area contributed by atoms with Gasteiger partial charge in [0, 0.05) is 6.04 Å². The van der Waals surface area contributed by atoms with Gasteiger partial charge < -0.3 is 10.1 Å². The zero-order chi connectivity index (χ0) is 14.9. The van der Waals surface area contributed by atoms with Crippen molar-refractivity contribution in [1.29, 1.82) is 0 Å². The first kappa shape index (κ1) is 14.8. The number of nitrogens with two attached hydrogens (primary N) is 1. The van der Waals surface area contributed by atoms with Gasteiger partial charge in [0.15, 0.2) is 6.10 Å². The molecule has 0 heterocycles. The Balaban J connectivity index is 2.06. The number of rotatable bonds is 5. The zero-order valence-corrected chi connectivity index (χ0v) is 12.2. The first-order valence-electron chi connectivity index (χ1n) is 6.38. The molecule has 110 valence electrons. The fraction of sp³-hybridized carbons (Fsp3) is 0.462. The van der Waals surface area contributed by atoms with Crippen molar-refractivity contribution in [3.05, 3.63) is 23.8 Å². The molecule has 20 heavy (non-hydrogen) atoms. The second-order valence-corrected chi connectivity index (χ2v) is 6.55. The highest BCUT2D eigenvalue weighted by molar-refractivity contribution is 7.89. The van der Waals surface area contributed by atoms with Gasteiger partial charge in [0.05, 0.1) is 4.90 Å². The quantitative estimate of drug-likeness (QED) is 0.835. The average Bonchev–Trinajstić information content (AvgIpc) is 3.11. The third-order valence-electron chi connectivity index (χ3n) is 3.06. The largest absolute Gasteiger partial charge is 0.481 e. The molecule has 1 saturated carbocycles. The van der Waals surface area contributed by atoms with Crippen molar-refractivity contribution < 1.29 is 17.9 Å². The fourth-order valence-electron chi connectivity index (χ4n) is 1.82. The third kappa shape index (κ3) is 3.71. The molecule has 1 fully saturated rings. The number of benzene rings is 1. The number of ether oxygens (including phenoxy) is 1. The van der Waals surface area contributed by atoms with E-state index in [1.54, 1.807) is 19.9 Å². The summed E-state index contributed by atoms with van der Waals surface area (Å²) in [4.78, 5) is 11.8. The summed E-state index contributed by atoms with van der Waals surface area (Å²) in [5, 5.41) is 7.93. The minimum Gasteiger partial charge on any atom is -0.481 e. The first-order valence-corrected chi connectivity index (χ1v) is 7.92. The lowest BCUT2D eigenvalue weighted by Crippen LogP contribution is -2.37. The van der Waals surface area contributed by atoms with E-state index < -0.39 is 16.1 Å². The summed E-state index contributed by atoms with van der Waals surface area (Å²) in [6.07, 6.45) is 1.40. The van der Waals surface area contributed by atoms with Gasteiger partial charge in [-0.05, 0) is 50.5 Å². The molecule has 1 aliphatic carbocycles. The average molecular weight is 298 g/mol. The standard InChI is InChI=1S/C13H18N2O4S/c1-8-7-11(5-6-12(8)20(14,17)18)19-9(2)13(16)15-10-3-4-10/h5-7,9-10H,3-4H2,1-2H3,(H,15,16)(H2,14,17,18). The van der Waals surface area contributed by atoms with Crippen LogP contribution in [0.2, 0.25) is 0 Å². The van der Waals surface area contributed by atoms with E-state index in [-0.39, 0.29) is 16.8 Å². The normalized spacial score (nSPS) is 16.6. The number of aryl methyl sites for hydroxylation is 1. The summed E-state index contributed by atoms with van der Waals surface area (Å²) in [7, 11) is -3.74. The molecule has 0 bridgehead atoms. The van der Waals surface area contributed by atoms with Crippen LogP contribution in [0.25, 0.3) is 0 Å². The monoisotopic (exact) mass is 298 g/mol. The van der Waals surface area contributed by atoms with E-state index >= 15 is 0 Å². The molecule has 6 nitrogen and oxygen atoms in total. The van der Waals surface area contributed by atoms with E-state index in [4.69, 9.17) is 9.88 Å². The molecule has 1 aromatic rings. The van der Waals surface area contributed by atoms with E-state index in [0.717, 1.165) is 12.8 Å². The molecule has 0 aliphatic heterocycles. The topological polar surface area (TPSA) is 98.5 Å². The van der Waals surface area contributed by atoms with Crippen molar-refractivity contribution >= 4 is 15.9 Å². The van der Waals surface area contributed by atoms with Crippen molar-refractivity contribution in [2.45, 2.75) is 43.7 Å². The van der Waals surface area contributed by atoms with Crippen LogP contribution >= 0.6 is 0 Å². The summed E-state index contributed by atoms with van der Waals surface area (Å²) in [5.41, 5.74) is 0.486. The summed E-state index contributed by atoms with van der Waals surface area (Å²) in [5.74, 6) is 0.272. The van der Waals surface area contributed by atoms with Crippen LogP contribution in [0, 0.1) is 6.92 Å². The molecule has 2 rings (SSSR count). The molecule has 1 amide bonds. The van der Waals surface area contributed by atoms with Crippen LogP contribution in [0.15, 0.2) is 23.1 Å². The van der Waals surface area contributed by atoms with E-state index in [0.29, 0.717) is 11.3 Å². The van der Waals surface area contributed by atoms with Gasteiger partial charge in [-0.2, -0.15) is 0 Å². The summed E-state index contributed by atoms with van der Waals surface area (Å²) >= 11 is 0. The molecule has 1 aromatic carbocycles. The number of nitrogens with one attached hydrogen (secondary N) is 1. The van der Waals surface area contributed by atoms with Crippen LogP contribution in [0.4, 0.5) is 0 Å². The third-order valence-corrected chi connectivity index (χ3v) is 4.13. The number of hydrogen-bond acceptors (Lipinski definition) is 4. The lowest BCUT2D eigenvalue weighted by Gasteiger charge is -2.15. The van der Waals surface area contributed by atoms with Gasteiger partial charge in [-0.15, -0.1) is 0 Å². The minimum absolute atomic E-state index is 0.0555. The molecule has 7 heteroatoms. The summed E-state index contributed by atoms with van der Waals surface area (Å²) in [6, 6.07) is 4.71. The van der Waals surface area contributed by atoms with Crippen LogP contribution in [0.1, 0.15) is 25.3 Å². The molecule has 3 N–H and O–H groups in total. The number of sulfonamides is 1. The Morgan fingerprint density at radius 1 is 1.45 bits per heavy atom. The SMILES string of the molecule is Cc1cc(OC(C)C(=O)NC2CC2)ccc1S(N)(=O)=O. The maximum Gasteiger partial charge on any atom is 0.260 e. The molecular weight excluding hydrogens is 280 g/mol. The Bertz CT molecular complexity index is 623. The predicted molar refractivity (Wildman–Crippen MR) is 73.8 cm³/mol. The van der Waals surface area contributed by atoms with Crippen LogP contribution in [0.5, 0.6) is 5.75 Å². The smallest absolute Gasteiger partial charge is 0.260 e. The predicted octanol–water partition coefficient (Wildman–Crippen LogP) is 0.688. The highest BCUT2D eigenvalue weighted by atomic mass is 32.2. The molecule has 1 atom stereocenters. The Morgan fingerprint density at radius 2 is 2.10 bits per heavy atom. The second-order valence-electron chi connectivity index (χ2n) is 5.02. The molecule has 0 aromatic heterocycles. The van der Waals surface area contributed by atoms with Gasteiger partial charge in [0.25, 0.3) is 5.91 Å². The van der Waals surface area contributed by atoms with Gasteiger partial charge in [0.1, 0.15) is 5.75 Å². The highest BCUT2D eigenvalue weighted by Crippen LogP contribution is 2.22. The van der Waals surface area contributed by atoms with Crippen molar-refractivity contribution in [3.8, 4) is 5.75 Å². The van der Waals surface area contributed by atoms with Crippen LogP contribution in [0.3, 0.4) is 0 Å². The van der Waals surface area contributed by atoms with E-state index in [9.17, 15) is 13.2 Å². The Morgan fingerprint density at radius 3 is 2.60 bits per heavy atom. The first-order chi connectivity index (χ1) is 9.27. The van der Waals surface area contributed by atoms with Gasteiger partial charge in [-0.3, -0.25) is 4.79 Å². The number of amides is 1. The highest BCUT2D eigenvalue weighted by Gasteiger charge is 2.26. The van der Waals surface area contributed by atoms with Crippen molar-refractivity contribution in [1.82, 2.24) is 5.32 Å². The lowest BCUT2D eigenvalue weighted by molar-refractivity contribution is -0.127. The number of primary sulfonamides is 1. The summed E-state index contributed by atoms with van der Waals surface area (Å²) < 4.78 is 28.1. The lowest BCUT2D eigenvalue weighted by atomic mass is 10.2. The molecular formula is C13H18N2O4S.